The molecule has 0 unspecified atom stereocenters. The summed E-state index contributed by atoms with van der Waals surface area (Å²) < 4.78 is 5.27. The van der Waals surface area contributed by atoms with Crippen molar-refractivity contribution in [1.29, 1.82) is 0 Å². The van der Waals surface area contributed by atoms with Gasteiger partial charge in [0.05, 0.1) is 11.4 Å². The molecule has 2 nitrogen and oxygen atoms in total. The van der Waals surface area contributed by atoms with Crippen LogP contribution in [0.3, 0.4) is 0 Å². The predicted molar refractivity (Wildman–Crippen MR) is 413 cm³/mol. The number of hydrogen-bond donors (Lipinski definition) is 0. The molecule has 458 valence electrons. The van der Waals surface area contributed by atoms with Crippen LogP contribution in [0.15, 0.2) is 303 Å². The van der Waals surface area contributed by atoms with Crippen LogP contribution in [0, 0.1) is 13.8 Å². The summed E-state index contributed by atoms with van der Waals surface area (Å²) >= 11 is 3.73. The van der Waals surface area contributed by atoms with Gasteiger partial charge in [0.15, 0.2) is 0 Å². The van der Waals surface area contributed by atoms with E-state index in [9.17, 15) is 0 Å². The fourth-order valence-corrected chi connectivity index (χ4v) is 18.1. The van der Waals surface area contributed by atoms with Gasteiger partial charge in [-0.15, -0.1) is 22.7 Å². The van der Waals surface area contributed by atoms with Gasteiger partial charge in [0.1, 0.15) is 0 Å². The number of fused-ring (bicyclic) bond motifs is 12. The van der Waals surface area contributed by atoms with E-state index in [1.807, 2.05) is 22.7 Å². The molecule has 0 spiro atoms. The molecule has 2 aromatic heterocycles. The van der Waals surface area contributed by atoms with Gasteiger partial charge in [-0.2, -0.15) is 0 Å². The summed E-state index contributed by atoms with van der Waals surface area (Å²) in [6.45, 7) is 14.0. The summed E-state index contributed by atoms with van der Waals surface area (Å²) in [6.07, 6.45) is 0. The molecular formula is C92H68N2S2. The van der Waals surface area contributed by atoms with E-state index in [2.05, 4.69) is 355 Å². The van der Waals surface area contributed by atoms with Gasteiger partial charge >= 0.3 is 0 Å². The number of anilines is 6. The summed E-state index contributed by atoms with van der Waals surface area (Å²) in [5.74, 6) is 0. The van der Waals surface area contributed by atoms with Crippen molar-refractivity contribution in [1.82, 2.24) is 0 Å². The van der Waals surface area contributed by atoms with Gasteiger partial charge in [0.25, 0.3) is 0 Å². The van der Waals surface area contributed by atoms with Gasteiger partial charge in [-0.3, -0.25) is 0 Å². The number of rotatable bonds is 11. The summed E-state index contributed by atoms with van der Waals surface area (Å²) in [5, 5.41) is 5.24. The van der Waals surface area contributed by atoms with Crippen molar-refractivity contribution < 1.29 is 0 Å². The average molecular weight is 1270 g/mol. The minimum absolute atomic E-state index is 0.132. The molecule has 2 aliphatic rings. The molecule has 0 N–H and O–H groups in total. The number of thiophene rings is 2. The predicted octanol–water partition coefficient (Wildman–Crippen LogP) is 26.9. The van der Waals surface area contributed by atoms with Gasteiger partial charge < -0.3 is 9.80 Å². The third kappa shape index (κ3) is 9.33. The maximum Gasteiger partial charge on any atom is 0.0540 e. The van der Waals surface area contributed by atoms with E-state index in [4.69, 9.17) is 0 Å². The van der Waals surface area contributed by atoms with E-state index < -0.39 is 0 Å². The van der Waals surface area contributed by atoms with Gasteiger partial charge in [-0.05, 0) is 223 Å². The van der Waals surface area contributed by atoms with Crippen molar-refractivity contribution in [2.45, 2.75) is 52.4 Å². The molecule has 0 atom stereocenters. The van der Waals surface area contributed by atoms with E-state index >= 15 is 0 Å². The van der Waals surface area contributed by atoms with Crippen molar-refractivity contribution in [3.05, 3.63) is 337 Å². The zero-order valence-electron chi connectivity index (χ0n) is 54.6. The lowest BCUT2D eigenvalue weighted by Gasteiger charge is -2.30. The summed E-state index contributed by atoms with van der Waals surface area (Å²) in [7, 11) is 0. The second-order valence-electron chi connectivity index (χ2n) is 27.3. The molecule has 18 rings (SSSR count). The summed E-state index contributed by atoms with van der Waals surface area (Å²) in [6, 6.07) is 114. The van der Waals surface area contributed by atoms with Crippen molar-refractivity contribution in [2.24, 2.45) is 0 Å². The Kier molecular flexibility index (Phi) is 13.5. The molecule has 0 saturated carbocycles. The van der Waals surface area contributed by atoms with Crippen LogP contribution in [-0.2, 0) is 10.8 Å². The molecule has 0 fully saturated rings. The zero-order valence-corrected chi connectivity index (χ0v) is 56.2. The molecular weight excluding hydrogens is 1200 g/mol. The molecule has 0 aliphatic heterocycles. The van der Waals surface area contributed by atoms with Crippen molar-refractivity contribution in [2.75, 3.05) is 9.80 Å². The quantitative estimate of drug-likeness (QED) is 0.127. The Bertz CT molecular complexity index is 5460. The topological polar surface area (TPSA) is 6.48 Å². The van der Waals surface area contributed by atoms with Crippen molar-refractivity contribution in [3.8, 4) is 77.9 Å². The van der Waals surface area contributed by atoms with E-state index in [0.29, 0.717) is 0 Å². The van der Waals surface area contributed by atoms with Gasteiger partial charge in [0, 0.05) is 85.1 Å². The van der Waals surface area contributed by atoms with E-state index in [-0.39, 0.29) is 10.8 Å². The largest absolute Gasteiger partial charge is 0.310 e. The smallest absolute Gasteiger partial charge is 0.0540 e. The van der Waals surface area contributed by atoms with E-state index in [1.54, 1.807) is 0 Å². The standard InChI is InChI=1S/C92H68N2S2/c1-57-51-61(37-47-83(57)93(67-41-31-59(32-42-67)63-39-49-89-77(53-63)75-23-11-17-29-87(75)95-89)85-27-15-9-19-69(85)65-35-45-73-71-21-7-13-25-79(71)91(3,4)81(73)55-65)62-38-48-84(58(2)52-62)94(68-43-33-60(34-44-68)64-40-50-90-78(54-64)76-24-12-18-30-88(76)96-90)86-28-16-10-20-70(86)66-36-46-74-72-22-8-14-26-80(72)92(5,6)82(74)56-66/h7-56H,1-6H3. The highest BCUT2D eigenvalue weighted by atomic mass is 32.1. The lowest BCUT2D eigenvalue weighted by molar-refractivity contribution is 0.660. The normalized spacial score (nSPS) is 13.3. The number of benzene rings is 14. The van der Waals surface area contributed by atoms with Gasteiger partial charge in [-0.25, -0.2) is 0 Å². The first-order valence-electron chi connectivity index (χ1n) is 33.4. The van der Waals surface area contributed by atoms with Gasteiger partial charge in [-0.1, -0.05) is 222 Å². The number of hydrogen-bond acceptors (Lipinski definition) is 4. The summed E-state index contributed by atoms with van der Waals surface area (Å²) in [4.78, 5) is 4.97. The molecule has 0 saturated heterocycles. The minimum atomic E-state index is -0.132. The van der Waals surface area contributed by atoms with Crippen LogP contribution >= 0.6 is 22.7 Å². The van der Waals surface area contributed by atoms with E-state index in [0.717, 1.165) is 34.1 Å². The second kappa shape index (κ2) is 22.4. The van der Waals surface area contributed by atoms with E-state index in [1.165, 1.54) is 152 Å². The first kappa shape index (κ1) is 57.8. The SMILES string of the molecule is Cc1cc(-c2ccc(N(c3ccc(-c4ccc5sc6ccccc6c5c4)cc3)c3ccccc3-c3ccc4c(c3)C(C)(C)c3ccccc3-4)c(C)c2)ccc1N(c1ccc(-c2ccc3sc4ccccc4c3c2)cc1)c1ccccc1-c1ccc2c(c1)C(C)(C)c1ccccc1-2. The molecule has 14 aromatic carbocycles. The zero-order chi connectivity index (χ0) is 64.6. The maximum atomic E-state index is 2.49. The Morgan fingerprint density at radius 2 is 0.552 bits per heavy atom. The first-order valence-corrected chi connectivity index (χ1v) is 35.1. The highest BCUT2D eigenvalue weighted by Gasteiger charge is 2.37. The second-order valence-corrected chi connectivity index (χ2v) is 29.4. The van der Waals surface area contributed by atoms with Crippen LogP contribution in [-0.4, -0.2) is 0 Å². The molecule has 96 heavy (non-hydrogen) atoms. The van der Waals surface area contributed by atoms with Crippen LogP contribution < -0.4 is 9.80 Å². The van der Waals surface area contributed by atoms with Crippen LogP contribution in [0.5, 0.6) is 0 Å². The Morgan fingerprint density at radius 1 is 0.229 bits per heavy atom. The molecule has 0 bridgehead atoms. The lowest BCUT2D eigenvalue weighted by Crippen LogP contribution is -2.15. The van der Waals surface area contributed by atoms with Crippen LogP contribution in [0.2, 0.25) is 0 Å². The van der Waals surface area contributed by atoms with Crippen LogP contribution in [0.1, 0.15) is 61.1 Å². The molecule has 0 radical (unpaired) electrons. The number of aryl methyl sites for hydroxylation is 2. The molecule has 4 heteroatoms. The highest BCUT2D eigenvalue weighted by Crippen LogP contribution is 2.54. The maximum absolute atomic E-state index is 2.49. The monoisotopic (exact) mass is 1260 g/mol. The lowest BCUT2D eigenvalue weighted by atomic mass is 9.81. The Morgan fingerprint density at radius 3 is 0.979 bits per heavy atom. The van der Waals surface area contributed by atoms with Gasteiger partial charge in [0.2, 0.25) is 0 Å². The fourth-order valence-electron chi connectivity index (χ4n) is 16.0. The van der Waals surface area contributed by atoms with Crippen molar-refractivity contribution >= 4 is 97.1 Å². The summed E-state index contributed by atoms with van der Waals surface area (Å²) in [5.41, 5.74) is 31.5. The molecule has 2 heterocycles. The minimum Gasteiger partial charge on any atom is -0.310 e. The highest BCUT2D eigenvalue weighted by molar-refractivity contribution is 7.26. The van der Waals surface area contributed by atoms with Crippen molar-refractivity contribution in [3.63, 3.8) is 0 Å². The molecule has 2 aliphatic carbocycles. The molecule has 16 aromatic rings. The van der Waals surface area contributed by atoms with Crippen LogP contribution in [0.4, 0.5) is 34.1 Å². The fraction of sp³-hybridized carbons (Fsp3) is 0.0870. The van der Waals surface area contributed by atoms with Crippen LogP contribution in [0.25, 0.3) is 118 Å². The Balaban J connectivity index is 0.735. The average Bonchev–Trinajstić information content (AvgIpc) is 1.61. The Labute approximate surface area is 569 Å². The Hall–Kier alpha value is -10.9. The third-order valence-corrected chi connectivity index (χ3v) is 23.3. The first-order chi connectivity index (χ1) is 46.9. The number of para-hydroxylation sites is 2. The number of nitrogens with zero attached hydrogens (tertiary/aromatic N) is 2. The third-order valence-electron chi connectivity index (χ3n) is 21.0. The molecule has 0 amide bonds.